The summed E-state index contributed by atoms with van der Waals surface area (Å²) in [6.45, 7) is 8.62. The van der Waals surface area contributed by atoms with Gasteiger partial charge in [-0.05, 0) is 45.4 Å². The van der Waals surface area contributed by atoms with Crippen LogP contribution in [-0.2, 0) is 11.2 Å². The van der Waals surface area contributed by atoms with Crippen LogP contribution in [0.25, 0.3) is 0 Å². The Balaban J connectivity index is 1.84. The van der Waals surface area contributed by atoms with Crippen LogP contribution >= 0.6 is 0 Å². The maximum atomic E-state index is 6.05. The monoisotopic (exact) mass is 274 g/mol. The molecule has 0 radical (unpaired) electrons. The van der Waals surface area contributed by atoms with E-state index < -0.39 is 0 Å². The average Bonchev–Trinajstić information content (AvgIpc) is 2.74. The van der Waals surface area contributed by atoms with Crippen molar-refractivity contribution in [3.8, 4) is 0 Å². The third-order valence-electron chi connectivity index (χ3n) is 4.58. The highest BCUT2D eigenvalue weighted by atomic mass is 16.5. The van der Waals surface area contributed by atoms with E-state index in [0.717, 1.165) is 19.5 Å². The van der Waals surface area contributed by atoms with Gasteiger partial charge in [0.1, 0.15) is 0 Å². The molecule has 1 saturated heterocycles. The van der Waals surface area contributed by atoms with Gasteiger partial charge < -0.3 is 10.1 Å². The molecule has 110 valence electrons. The number of nitrogens with one attached hydrogen (secondary N) is 1. The quantitative estimate of drug-likeness (QED) is 0.896. The summed E-state index contributed by atoms with van der Waals surface area (Å²) >= 11 is 0. The van der Waals surface area contributed by atoms with Crippen LogP contribution in [0.1, 0.15) is 37.9 Å². The highest BCUT2D eigenvalue weighted by Gasteiger charge is 2.40. The number of benzene rings is 1. The smallest absolute Gasteiger partial charge is 0.0757 e. The molecule has 3 atom stereocenters. The zero-order chi connectivity index (χ0) is 14.3. The van der Waals surface area contributed by atoms with Gasteiger partial charge in [0.05, 0.1) is 11.7 Å². The van der Waals surface area contributed by atoms with Crippen LogP contribution in [-0.4, -0.2) is 42.8 Å². The van der Waals surface area contributed by atoms with Crippen molar-refractivity contribution < 1.29 is 4.74 Å². The molecule has 1 aliphatic carbocycles. The lowest BCUT2D eigenvalue weighted by molar-refractivity contribution is -0.139. The van der Waals surface area contributed by atoms with Crippen molar-refractivity contribution in [3.63, 3.8) is 0 Å². The molecule has 3 unspecified atom stereocenters. The molecule has 1 aliphatic heterocycles. The number of hydrogen-bond acceptors (Lipinski definition) is 3. The minimum absolute atomic E-state index is 0.0509. The zero-order valence-corrected chi connectivity index (χ0v) is 13.0. The summed E-state index contributed by atoms with van der Waals surface area (Å²) in [5, 5.41) is 3.53. The highest BCUT2D eigenvalue weighted by molar-refractivity contribution is 5.37. The number of likely N-dealkylation sites (N-methyl/N-ethyl adjacent to an activating group) is 1. The molecule has 3 heteroatoms. The molecule has 0 saturated carbocycles. The van der Waals surface area contributed by atoms with Gasteiger partial charge in [-0.25, -0.2) is 0 Å². The molecule has 3 rings (SSSR count). The van der Waals surface area contributed by atoms with E-state index >= 15 is 0 Å². The molecule has 1 aromatic carbocycles. The summed E-state index contributed by atoms with van der Waals surface area (Å²) in [5.41, 5.74) is 2.91. The maximum Gasteiger partial charge on any atom is 0.0757 e. The van der Waals surface area contributed by atoms with Gasteiger partial charge in [0.15, 0.2) is 0 Å². The van der Waals surface area contributed by atoms with E-state index in [1.54, 1.807) is 0 Å². The second kappa shape index (κ2) is 5.14. The Kier molecular flexibility index (Phi) is 3.61. The fourth-order valence-electron chi connectivity index (χ4n) is 4.02. The van der Waals surface area contributed by atoms with E-state index in [4.69, 9.17) is 4.74 Å². The van der Waals surface area contributed by atoms with Gasteiger partial charge in [0.25, 0.3) is 0 Å². The maximum absolute atomic E-state index is 6.05. The van der Waals surface area contributed by atoms with Gasteiger partial charge in [0, 0.05) is 25.2 Å². The summed E-state index contributed by atoms with van der Waals surface area (Å²) in [5.74, 6) is 0. The first-order valence-corrected chi connectivity index (χ1v) is 7.67. The van der Waals surface area contributed by atoms with Crippen molar-refractivity contribution in [1.29, 1.82) is 0 Å². The predicted molar refractivity (Wildman–Crippen MR) is 81.9 cm³/mol. The number of ether oxygens (including phenoxy) is 1. The molecular formula is C17H26N2O. The van der Waals surface area contributed by atoms with Gasteiger partial charge in [-0.2, -0.15) is 0 Å². The SMILES string of the molecule is CNC1c2ccccc2CC1N1CC(C)OC(C)(C)C1. The Labute approximate surface area is 122 Å². The summed E-state index contributed by atoms with van der Waals surface area (Å²) in [4.78, 5) is 2.62. The van der Waals surface area contributed by atoms with Gasteiger partial charge in [-0.15, -0.1) is 0 Å². The molecule has 1 heterocycles. The minimum atomic E-state index is -0.0509. The van der Waals surface area contributed by atoms with E-state index in [0.29, 0.717) is 18.2 Å². The first-order valence-electron chi connectivity index (χ1n) is 7.67. The van der Waals surface area contributed by atoms with Crippen LogP contribution in [0.4, 0.5) is 0 Å². The third-order valence-corrected chi connectivity index (χ3v) is 4.58. The van der Waals surface area contributed by atoms with Crippen molar-refractivity contribution in [2.45, 2.75) is 51.0 Å². The van der Waals surface area contributed by atoms with Gasteiger partial charge >= 0.3 is 0 Å². The van der Waals surface area contributed by atoms with E-state index in [9.17, 15) is 0 Å². The van der Waals surface area contributed by atoms with Crippen LogP contribution < -0.4 is 5.32 Å². The topological polar surface area (TPSA) is 24.5 Å². The summed E-state index contributed by atoms with van der Waals surface area (Å²) in [6.07, 6.45) is 1.45. The van der Waals surface area contributed by atoms with Crippen LogP contribution in [0.3, 0.4) is 0 Å². The highest BCUT2D eigenvalue weighted by Crippen LogP contribution is 2.36. The molecule has 1 N–H and O–H groups in total. The molecule has 0 spiro atoms. The lowest BCUT2D eigenvalue weighted by Gasteiger charge is -2.45. The summed E-state index contributed by atoms with van der Waals surface area (Å²) < 4.78 is 6.05. The average molecular weight is 274 g/mol. The third kappa shape index (κ3) is 2.50. The zero-order valence-electron chi connectivity index (χ0n) is 13.0. The minimum Gasteiger partial charge on any atom is -0.370 e. The number of nitrogens with zero attached hydrogens (tertiary/aromatic N) is 1. The van der Waals surface area contributed by atoms with Gasteiger partial charge in [-0.1, -0.05) is 24.3 Å². The number of hydrogen-bond donors (Lipinski definition) is 1. The number of rotatable bonds is 2. The van der Waals surface area contributed by atoms with E-state index in [1.165, 1.54) is 11.1 Å². The Morgan fingerprint density at radius 2 is 2.05 bits per heavy atom. The second-order valence-corrected chi connectivity index (χ2v) is 6.85. The number of morpholine rings is 1. The molecule has 2 aliphatic rings. The molecule has 0 amide bonds. The van der Waals surface area contributed by atoms with E-state index in [2.05, 4.69) is 62.3 Å². The van der Waals surface area contributed by atoms with Crippen molar-refractivity contribution in [2.24, 2.45) is 0 Å². The fraction of sp³-hybridized carbons (Fsp3) is 0.647. The van der Waals surface area contributed by atoms with Crippen LogP contribution in [0.5, 0.6) is 0 Å². The molecule has 1 fully saturated rings. The van der Waals surface area contributed by atoms with Gasteiger partial charge in [0.2, 0.25) is 0 Å². The number of fused-ring (bicyclic) bond motifs is 1. The second-order valence-electron chi connectivity index (χ2n) is 6.85. The normalized spacial score (nSPS) is 33.1. The van der Waals surface area contributed by atoms with Crippen molar-refractivity contribution in [2.75, 3.05) is 20.1 Å². The predicted octanol–water partition coefficient (Wildman–Crippen LogP) is 2.37. The van der Waals surface area contributed by atoms with Crippen molar-refractivity contribution >= 4 is 0 Å². The van der Waals surface area contributed by atoms with Crippen LogP contribution in [0.2, 0.25) is 0 Å². The molecular weight excluding hydrogens is 248 g/mol. The van der Waals surface area contributed by atoms with Crippen molar-refractivity contribution in [1.82, 2.24) is 10.2 Å². The Morgan fingerprint density at radius 3 is 2.75 bits per heavy atom. The standard InChI is InChI=1S/C17H26N2O/c1-12-10-19(11-17(2,3)20-12)15-9-13-7-5-6-8-14(13)16(15)18-4/h5-8,12,15-16,18H,9-11H2,1-4H3. The lowest BCUT2D eigenvalue weighted by atomic mass is 10.00. The van der Waals surface area contributed by atoms with E-state index in [-0.39, 0.29) is 5.60 Å². The lowest BCUT2D eigenvalue weighted by Crippen LogP contribution is -2.57. The summed E-state index contributed by atoms with van der Waals surface area (Å²) in [6, 6.07) is 9.83. The molecule has 3 nitrogen and oxygen atoms in total. The molecule has 0 bridgehead atoms. The fourth-order valence-corrected chi connectivity index (χ4v) is 4.02. The Morgan fingerprint density at radius 1 is 1.30 bits per heavy atom. The Bertz CT molecular complexity index is 486. The largest absolute Gasteiger partial charge is 0.370 e. The molecule has 20 heavy (non-hydrogen) atoms. The first kappa shape index (κ1) is 14.1. The van der Waals surface area contributed by atoms with Crippen LogP contribution in [0.15, 0.2) is 24.3 Å². The van der Waals surface area contributed by atoms with E-state index in [1.807, 2.05) is 0 Å². The first-order chi connectivity index (χ1) is 9.50. The molecule has 0 aromatic heterocycles. The van der Waals surface area contributed by atoms with Crippen LogP contribution in [0, 0.1) is 0 Å². The summed E-state index contributed by atoms with van der Waals surface area (Å²) in [7, 11) is 2.08. The van der Waals surface area contributed by atoms with Crippen molar-refractivity contribution in [3.05, 3.63) is 35.4 Å². The molecule has 1 aromatic rings. The van der Waals surface area contributed by atoms with Gasteiger partial charge in [-0.3, -0.25) is 4.90 Å². The Hall–Kier alpha value is -0.900.